The van der Waals surface area contributed by atoms with Gasteiger partial charge in [-0.2, -0.15) is 0 Å². The van der Waals surface area contributed by atoms with Gasteiger partial charge in [0.2, 0.25) is 11.8 Å². The van der Waals surface area contributed by atoms with Gasteiger partial charge in [-0.1, -0.05) is 22.0 Å². The number of carboxylic acids is 1. The molecule has 0 spiro atoms. The van der Waals surface area contributed by atoms with Crippen molar-refractivity contribution in [3.8, 4) is 0 Å². The quantitative estimate of drug-likeness (QED) is 0.818. The molecule has 1 aromatic carbocycles. The van der Waals surface area contributed by atoms with E-state index in [-0.39, 0.29) is 36.1 Å². The highest BCUT2D eigenvalue weighted by Crippen LogP contribution is 2.29. The van der Waals surface area contributed by atoms with Crippen molar-refractivity contribution in [2.24, 2.45) is 11.8 Å². The molecule has 24 heavy (non-hydrogen) atoms. The predicted octanol–water partition coefficient (Wildman–Crippen LogP) is 2.17. The van der Waals surface area contributed by atoms with Crippen molar-refractivity contribution in [2.75, 3.05) is 11.4 Å². The molecule has 128 valence electrons. The summed E-state index contributed by atoms with van der Waals surface area (Å²) in [6.07, 6.45) is 1.93. The monoisotopic (exact) mass is 394 g/mol. The molecule has 2 fully saturated rings. The zero-order valence-electron chi connectivity index (χ0n) is 13.1. The predicted molar refractivity (Wildman–Crippen MR) is 91.5 cm³/mol. The maximum atomic E-state index is 12.4. The number of hydrogen-bond donors (Lipinski definition) is 2. The number of nitrogens with one attached hydrogen (secondary N) is 1. The molecule has 2 aliphatic rings. The summed E-state index contributed by atoms with van der Waals surface area (Å²) in [5, 5.41) is 11.9. The zero-order chi connectivity index (χ0) is 17.3. The molecule has 7 heteroatoms. The van der Waals surface area contributed by atoms with Crippen LogP contribution >= 0.6 is 15.9 Å². The normalized spacial score (nSPS) is 26.6. The summed E-state index contributed by atoms with van der Waals surface area (Å²) < 4.78 is 0.881. The molecule has 0 bridgehead atoms. The minimum absolute atomic E-state index is 0.0666. The lowest BCUT2D eigenvalue weighted by molar-refractivity contribution is -0.141. The molecule has 0 aromatic heterocycles. The lowest BCUT2D eigenvalue weighted by Crippen LogP contribution is -2.39. The van der Waals surface area contributed by atoms with Gasteiger partial charge in [0.15, 0.2) is 0 Å². The van der Waals surface area contributed by atoms with Crippen molar-refractivity contribution in [2.45, 2.75) is 31.7 Å². The van der Waals surface area contributed by atoms with Gasteiger partial charge in [0.25, 0.3) is 0 Å². The highest BCUT2D eigenvalue weighted by Gasteiger charge is 2.37. The topological polar surface area (TPSA) is 86.7 Å². The van der Waals surface area contributed by atoms with Crippen molar-refractivity contribution in [3.05, 3.63) is 28.7 Å². The first-order valence-electron chi connectivity index (χ1n) is 8.03. The van der Waals surface area contributed by atoms with E-state index >= 15 is 0 Å². The van der Waals surface area contributed by atoms with Crippen LogP contribution in [0.1, 0.15) is 25.7 Å². The van der Waals surface area contributed by atoms with Crippen LogP contribution in [0.2, 0.25) is 0 Å². The lowest BCUT2D eigenvalue weighted by Gasteiger charge is -2.18. The van der Waals surface area contributed by atoms with Gasteiger partial charge in [-0.25, -0.2) is 0 Å². The minimum Gasteiger partial charge on any atom is -0.481 e. The number of carbonyl (C=O) groups excluding carboxylic acids is 2. The molecule has 1 heterocycles. The van der Waals surface area contributed by atoms with E-state index in [9.17, 15) is 14.4 Å². The van der Waals surface area contributed by atoms with Gasteiger partial charge in [-0.3, -0.25) is 14.4 Å². The zero-order valence-corrected chi connectivity index (χ0v) is 14.7. The van der Waals surface area contributed by atoms with E-state index in [0.717, 1.165) is 10.2 Å². The van der Waals surface area contributed by atoms with Crippen LogP contribution in [-0.4, -0.2) is 35.5 Å². The summed E-state index contributed by atoms with van der Waals surface area (Å²) in [6.45, 7) is 0.357. The Morgan fingerprint density at radius 1 is 1.25 bits per heavy atom. The van der Waals surface area contributed by atoms with Crippen molar-refractivity contribution >= 4 is 39.4 Å². The van der Waals surface area contributed by atoms with Crippen LogP contribution in [0.5, 0.6) is 0 Å². The Balaban J connectivity index is 1.59. The third-order valence-corrected chi connectivity index (χ3v) is 5.24. The number of anilines is 1. The molecule has 2 amide bonds. The number of aliphatic carboxylic acids is 1. The number of nitrogens with zero attached hydrogens (tertiary/aromatic N) is 1. The van der Waals surface area contributed by atoms with Crippen LogP contribution in [-0.2, 0) is 14.4 Å². The largest absolute Gasteiger partial charge is 0.481 e. The highest BCUT2D eigenvalue weighted by molar-refractivity contribution is 9.10. The summed E-state index contributed by atoms with van der Waals surface area (Å²) >= 11 is 3.38. The molecular formula is C17H19BrN2O4. The molecule has 3 rings (SSSR count). The summed E-state index contributed by atoms with van der Waals surface area (Å²) in [7, 11) is 0. The van der Waals surface area contributed by atoms with Gasteiger partial charge >= 0.3 is 5.97 Å². The molecular weight excluding hydrogens is 376 g/mol. The summed E-state index contributed by atoms with van der Waals surface area (Å²) in [5.41, 5.74) is 0.775. The smallest absolute Gasteiger partial charge is 0.306 e. The van der Waals surface area contributed by atoms with Crippen molar-refractivity contribution in [1.29, 1.82) is 0 Å². The number of carboxylic acid groups (broad SMARTS) is 1. The Labute approximate surface area is 148 Å². The second-order valence-electron chi connectivity index (χ2n) is 6.44. The van der Waals surface area contributed by atoms with Crippen LogP contribution in [0, 0.1) is 11.8 Å². The van der Waals surface area contributed by atoms with E-state index in [4.69, 9.17) is 5.11 Å². The first kappa shape index (κ1) is 17.0. The lowest BCUT2D eigenvalue weighted by atomic mass is 10.1. The summed E-state index contributed by atoms with van der Waals surface area (Å²) in [4.78, 5) is 37.3. The molecule has 1 aromatic rings. The second-order valence-corrected chi connectivity index (χ2v) is 7.35. The Hall–Kier alpha value is -1.89. The summed E-state index contributed by atoms with van der Waals surface area (Å²) in [6, 6.07) is 7.33. The standard InChI is InChI=1S/C17H19BrN2O4/c18-12-2-1-3-14(8-12)20-9-11(7-15(20)21)16(22)19-13-5-4-10(6-13)17(23)24/h1-3,8,10-11,13H,4-7,9H2,(H,19,22)(H,23,24)/t10-,11?,13+/m0/s1. The van der Waals surface area contributed by atoms with Crippen molar-refractivity contribution in [3.63, 3.8) is 0 Å². The number of rotatable bonds is 4. The molecule has 1 aliphatic heterocycles. The molecule has 1 saturated carbocycles. The Kier molecular flexibility index (Phi) is 4.89. The van der Waals surface area contributed by atoms with E-state index < -0.39 is 5.97 Å². The number of halogens is 1. The average molecular weight is 395 g/mol. The molecule has 1 saturated heterocycles. The van der Waals surface area contributed by atoms with E-state index in [2.05, 4.69) is 21.2 Å². The Morgan fingerprint density at radius 2 is 2.04 bits per heavy atom. The Bertz CT molecular complexity index is 678. The molecule has 1 aliphatic carbocycles. The first-order valence-corrected chi connectivity index (χ1v) is 8.82. The Morgan fingerprint density at radius 3 is 2.71 bits per heavy atom. The van der Waals surface area contributed by atoms with Gasteiger partial charge in [-0.05, 0) is 37.5 Å². The van der Waals surface area contributed by atoms with Gasteiger partial charge in [0, 0.05) is 29.2 Å². The van der Waals surface area contributed by atoms with Crippen LogP contribution in [0.3, 0.4) is 0 Å². The van der Waals surface area contributed by atoms with Crippen LogP contribution in [0.25, 0.3) is 0 Å². The van der Waals surface area contributed by atoms with Crippen molar-refractivity contribution < 1.29 is 19.5 Å². The number of benzene rings is 1. The molecule has 6 nitrogen and oxygen atoms in total. The maximum absolute atomic E-state index is 12.4. The number of amides is 2. The molecule has 2 N–H and O–H groups in total. The van der Waals surface area contributed by atoms with E-state index in [1.165, 1.54) is 0 Å². The van der Waals surface area contributed by atoms with Crippen LogP contribution in [0.15, 0.2) is 28.7 Å². The van der Waals surface area contributed by atoms with Gasteiger partial charge in [-0.15, -0.1) is 0 Å². The minimum atomic E-state index is -0.802. The van der Waals surface area contributed by atoms with E-state index in [1.807, 2.05) is 24.3 Å². The second kappa shape index (κ2) is 6.93. The molecule has 3 atom stereocenters. The summed E-state index contributed by atoms with van der Waals surface area (Å²) in [5.74, 6) is -1.79. The molecule has 0 radical (unpaired) electrons. The van der Waals surface area contributed by atoms with Crippen LogP contribution in [0.4, 0.5) is 5.69 Å². The highest BCUT2D eigenvalue weighted by atomic mass is 79.9. The SMILES string of the molecule is O=C(N[C@@H]1CC[C@H](C(=O)O)C1)C1CC(=O)N(c2cccc(Br)c2)C1. The maximum Gasteiger partial charge on any atom is 0.306 e. The third-order valence-electron chi connectivity index (χ3n) is 4.74. The fraction of sp³-hybridized carbons (Fsp3) is 0.471. The first-order chi connectivity index (χ1) is 11.4. The van der Waals surface area contributed by atoms with E-state index in [1.54, 1.807) is 4.90 Å². The van der Waals surface area contributed by atoms with Crippen LogP contribution < -0.4 is 10.2 Å². The van der Waals surface area contributed by atoms with Gasteiger partial charge in [0.05, 0.1) is 11.8 Å². The fourth-order valence-corrected chi connectivity index (χ4v) is 3.82. The van der Waals surface area contributed by atoms with Gasteiger partial charge in [0.1, 0.15) is 0 Å². The molecule has 1 unspecified atom stereocenters. The number of hydrogen-bond acceptors (Lipinski definition) is 3. The number of carbonyl (C=O) groups is 3. The van der Waals surface area contributed by atoms with E-state index in [0.29, 0.717) is 25.8 Å². The third kappa shape index (κ3) is 3.61. The van der Waals surface area contributed by atoms with Crippen molar-refractivity contribution in [1.82, 2.24) is 5.32 Å². The fourth-order valence-electron chi connectivity index (χ4n) is 3.43. The average Bonchev–Trinajstić information content (AvgIpc) is 3.14. The van der Waals surface area contributed by atoms with Gasteiger partial charge < -0.3 is 15.3 Å².